The van der Waals surface area contributed by atoms with Crippen LogP contribution in [0.4, 0.5) is 0 Å². The van der Waals surface area contributed by atoms with Crippen molar-refractivity contribution in [1.29, 1.82) is 0 Å². The summed E-state index contributed by atoms with van der Waals surface area (Å²) in [6, 6.07) is 11.1. The molecule has 2 atom stereocenters. The number of hydrogen-bond acceptors (Lipinski definition) is 4. The van der Waals surface area contributed by atoms with E-state index in [1.165, 1.54) is 24.6 Å². The van der Waals surface area contributed by atoms with Gasteiger partial charge in [-0.25, -0.2) is 12.7 Å². The zero-order valence-corrected chi connectivity index (χ0v) is 17.6. The molecule has 29 heavy (non-hydrogen) atoms. The van der Waals surface area contributed by atoms with E-state index in [1.54, 1.807) is 17.0 Å². The van der Waals surface area contributed by atoms with Crippen molar-refractivity contribution in [2.24, 2.45) is 0 Å². The van der Waals surface area contributed by atoms with Crippen molar-refractivity contribution in [1.82, 2.24) is 9.21 Å². The third-order valence-electron chi connectivity index (χ3n) is 6.02. The van der Waals surface area contributed by atoms with E-state index in [2.05, 4.69) is 6.07 Å². The van der Waals surface area contributed by atoms with Crippen LogP contribution in [0, 0.1) is 13.8 Å². The number of carbonyl (C=O) groups excluding carboxylic acids is 2. The number of carbonyl (C=O) groups is 2. The van der Waals surface area contributed by atoms with Gasteiger partial charge < -0.3 is 4.90 Å². The Hall–Kier alpha value is -2.67. The highest BCUT2D eigenvalue weighted by molar-refractivity contribution is 7.90. The number of amides is 2. The first-order valence-corrected chi connectivity index (χ1v) is 11.2. The quantitative estimate of drug-likeness (QED) is 0.776. The summed E-state index contributed by atoms with van der Waals surface area (Å²) in [5, 5.41) is 0. The standard InChI is InChI=1S/C22H24N2O4S/c1-14-10-11-17(13-15(14)2)19-8-6-12-23(19)21(25)16(3)24-22(26)18-7-4-5-9-20(18)29(24,27)28/h4-5,7,9-11,13,16,19H,6,8,12H2,1-3H3/t16-,19+/m0/s1. The van der Waals surface area contributed by atoms with Gasteiger partial charge in [-0.3, -0.25) is 9.59 Å². The van der Waals surface area contributed by atoms with E-state index in [1.807, 2.05) is 26.0 Å². The van der Waals surface area contributed by atoms with Crippen LogP contribution in [0.1, 0.15) is 52.9 Å². The van der Waals surface area contributed by atoms with Crippen LogP contribution in [-0.2, 0) is 14.8 Å². The molecular formula is C22H24N2O4S. The minimum atomic E-state index is -4.03. The zero-order chi connectivity index (χ0) is 20.9. The first kappa shape index (κ1) is 19.6. The molecule has 0 aromatic heterocycles. The van der Waals surface area contributed by atoms with Crippen molar-refractivity contribution in [2.45, 2.75) is 50.6 Å². The van der Waals surface area contributed by atoms with E-state index in [-0.39, 0.29) is 22.4 Å². The predicted octanol–water partition coefficient (Wildman–Crippen LogP) is 3.20. The topological polar surface area (TPSA) is 74.8 Å². The lowest BCUT2D eigenvalue weighted by molar-refractivity contribution is -0.135. The molecule has 2 amide bonds. The second-order valence-electron chi connectivity index (χ2n) is 7.81. The highest BCUT2D eigenvalue weighted by Crippen LogP contribution is 2.36. The number of aryl methyl sites for hydroxylation is 2. The normalized spacial score (nSPS) is 21.3. The van der Waals surface area contributed by atoms with E-state index in [4.69, 9.17) is 0 Å². The SMILES string of the molecule is Cc1ccc([C@H]2CCCN2C(=O)[C@H](C)N2C(=O)c3ccccc3S2(=O)=O)cc1C. The zero-order valence-electron chi connectivity index (χ0n) is 16.8. The average Bonchev–Trinajstić information content (AvgIpc) is 3.25. The highest BCUT2D eigenvalue weighted by Gasteiger charge is 2.47. The van der Waals surface area contributed by atoms with Crippen LogP contribution in [0.5, 0.6) is 0 Å². The van der Waals surface area contributed by atoms with Crippen LogP contribution in [0.25, 0.3) is 0 Å². The molecule has 1 fully saturated rings. The summed E-state index contributed by atoms with van der Waals surface area (Å²) in [5.41, 5.74) is 3.51. The summed E-state index contributed by atoms with van der Waals surface area (Å²) in [6.45, 7) is 6.13. The van der Waals surface area contributed by atoms with Crippen LogP contribution in [0.15, 0.2) is 47.4 Å². The van der Waals surface area contributed by atoms with Gasteiger partial charge in [0.25, 0.3) is 15.9 Å². The molecule has 4 rings (SSSR count). The number of fused-ring (bicyclic) bond motifs is 1. The van der Waals surface area contributed by atoms with Gasteiger partial charge in [-0.05, 0) is 62.4 Å². The molecule has 0 N–H and O–H groups in total. The molecular weight excluding hydrogens is 388 g/mol. The maximum Gasteiger partial charge on any atom is 0.269 e. The monoisotopic (exact) mass is 412 g/mol. The molecule has 0 bridgehead atoms. The van der Waals surface area contributed by atoms with Crippen molar-refractivity contribution in [3.63, 3.8) is 0 Å². The fourth-order valence-corrected chi connectivity index (χ4v) is 5.99. The first-order valence-electron chi connectivity index (χ1n) is 9.79. The molecule has 7 heteroatoms. The van der Waals surface area contributed by atoms with Crippen LogP contribution < -0.4 is 0 Å². The van der Waals surface area contributed by atoms with Gasteiger partial charge in [-0.15, -0.1) is 0 Å². The van der Waals surface area contributed by atoms with E-state index in [9.17, 15) is 18.0 Å². The van der Waals surface area contributed by atoms with Crippen molar-refractivity contribution >= 4 is 21.8 Å². The van der Waals surface area contributed by atoms with Crippen molar-refractivity contribution in [2.75, 3.05) is 6.54 Å². The average molecular weight is 413 g/mol. The molecule has 2 aromatic carbocycles. The van der Waals surface area contributed by atoms with Crippen molar-refractivity contribution < 1.29 is 18.0 Å². The Kier molecular flexibility index (Phi) is 4.73. The molecule has 2 aliphatic rings. The molecule has 0 saturated carbocycles. The fourth-order valence-electron chi connectivity index (χ4n) is 4.28. The number of benzene rings is 2. The molecule has 1 saturated heterocycles. The summed E-state index contributed by atoms with van der Waals surface area (Å²) in [5.74, 6) is -0.973. The van der Waals surface area contributed by atoms with E-state index in [0.29, 0.717) is 6.54 Å². The van der Waals surface area contributed by atoms with E-state index in [0.717, 1.165) is 28.3 Å². The third kappa shape index (κ3) is 3.04. The van der Waals surface area contributed by atoms with E-state index >= 15 is 0 Å². The summed E-state index contributed by atoms with van der Waals surface area (Å²) >= 11 is 0. The van der Waals surface area contributed by atoms with Gasteiger partial charge in [0, 0.05) is 6.54 Å². The molecule has 0 radical (unpaired) electrons. The van der Waals surface area contributed by atoms with Crippen LogP contribution in [-0.4, -0.2) is 42.0 Å². The Morgan fingerprint density at radius 2 is 1.83 bits per heavy atom. The molecule has 2 aliphatic heterocycles. The number of nitrogens with zero attached hydrogens (tertiary/aromatic N) is 2. The number of rotatable bonds is 3. The van der Waals surface area contributed by atoms with Gasteiger partial charge in [-0.1, -0.05) is 30.3 Å². The second kappa shape index (κ2) is 6.99. The summed E-state index contributed by atoms with van der Waals surface area (Å²) < 4.78 is 26.6. The molecule has 152 valence electrons. The van der Waals surface area contributed by atoms with Crippen LogP contribution >= 0.6 is 0 Å². The minimum absolute atomic E-state index is 0.0308. The van der Waals surface area contributed by atoms with Crippen LogP contribution in [0.2, 0.25) is 0 Å². The molecule has 2 aromatic rings. The van der Waals surface area contributed by atoms with Gasteiger partial charge >= 0.3 is 0 Å². The molecule has 2 heterocycles. The molecule has 0 aliphatic carbocycles. The van der Waals surface area contributed by atoms with Crippen LogP contribution in [0.3, 0.4) is 0 Å². The summed E-state index contributed by atoms with van der Waals surface area (Å²) in [4.78, 5) is 27.8. The summed E-state index contributed by atoms with van der Waals surface area (Å²) in [7, 11) is -4.03. The second-order valence-corrected chi connectivity index (χ2v) is 9.59. The Morgan fingerprint density at radius 3 is 2.52 bits per heavy atom. The van der Waals surface area contributed by atoms with Crippen molar-refractivity contribution in [3.05, 3.63) is 64.7 Å². The Bertz CT molecular complexity index is 1110. The maximum absolute atomic E-state index is 13.3. The lowest BCUT2D eigenvalue weighted by Gasteiger charge is -2.31. The Balaban J connectivity index is 1.64. The van der Waals surface area contributed by atoms with Gasteiger partial charge in [-0.2, -0.15) is 0 Å². The Morgan fingerprint density at radius 1 is 1.10 bits per heavy atom. The maximum atomic E-state index is 13.3. The highest BCUT2D eigenvalue weighted by atomic mass is 32.2. The fraction of sp³-hybridized carbons (Fsp3) is 0.364. The lowest BCUT2D eigenvalue weighted by Crippen LogP contribution is -2.49. The third-order valence-corrected chi connectivity index (χ3v) is 7.93. The molecule has 0 unspecified atom stereocenters. The molecule has 6 nitrogen and oxygen atoms in total. The summed E-state index contributed by atoms with van der Waals surface area (Å²) in [6.07, 6.45) is 1.67. The minimum Gasteiger partial charge on any atom is -0.334 e. The van der Waals surface area contributed by atoms with E-state index < -0.39 is 22.0 Å². The lowest BCUT2D eigenvalue weighted by atomic mass is 9.99. The smallest absolute Gasteiger partial charge is 0.269 e. The number of hydrogen-bond donors (Lipinski definition) is 0. The number of sulfonamides is 1. The van der Waals surface area contributed by atoms with Gasteiger partial charge in [0.2, 0.25) is 5.91 Å². The van der Waals surface area contributed by atoms with Gasteiger partial charge in [0.05, 0.1) is 11.6 Å². The van der Waals surface area contributed by atoms with Crippen molar-refractivity contribution in [3.8, 4) is 0 Å². The van der Waals surface area contributed by atoms with Gasteiger partial charge in [0.15, 0.2) is 0 Å². The first-order chi connectivity index (χ1) is 13.7. The largest absolute Gasteiger partial charge is 0.334 e. The number of likely N-dealkylation sites (tertiary alicyclic amines) is 1. The Labute approximate surface area is 171 Å². The van der Waals surface area contributed by atoms with Gasteiger partial charge in [0.1, 0.15) is 10.9 Å². The predicted molar refractivity (Wildman–Crippen MR) is 109 cm³/mol. The molecule has 0 spiro atoms.